The smallest absolute Gasteiger partial charge is 0.248 e. The minimum Gasteiger partial charge on any atom is -0.497 e. The molecule has 1 aliphatic rings. The van der Waals surface area contributed by atoms with E-state index in [0.717, 1.165) is 16.9 Å². The topological polar surface area (TPSA) is 83.3 Å². The molecular formula is C19H23ClN2O5. The van der Waals surface area contributed by atoms with Gasteiger partial charge in [-0.15, -0.1) is 12.4 Å². The van der Waals surface area contributed by atoms with Crippen molar-refractivity contribution in [2.45, 2.75) is 12.5 Å². The summed E-state index contributed by atoms with van der Waals surface area (Å²) in [5.41, 5.74) is 2.53. The van der Waals surface area contributed by atoms with Gasteiger partial charge in [-0.05, 0) is 41.0 Å². The number of carbonyl (C=O) groups excluding carboxylic acids is 1. The molecule has 0 saturated carbocycles. The van der Waals surface area contributed by atoms with Crippen LogP contribution >= 0.6 is 12.4 Å². The predicted molar refractivity (Wildman–Crippen MR) is 103 cm³/mol. The summed E-state index contributed by atoms with van der Waals surface area (Å²) in [5, 5.41) is 1.22. The number of hydrogen-bond donors (Lipinski definition) is 1. The van der Waals surface area contributed by atoms with Crippen molar-refractivity contribution in [1.82, 2.24) is 5.01 Å². The van der Waals surface area contributed by atoms with Crippen LogP contribution in [0.15, 0.2) is 30.3 Å². The zero-order valence-corrected chi connectivity index (χ0v) is 16.5. The summed E-state index contributed by atoms with van der Waals surface area (Å²) < 4.78 is 21.5. The van der Waals surface area contributed by atoms with Gasteiger partial charge in [0.15, 0.2) is 11.5 Å². The summed E-state index contributed by atoms with van der Waals surface area (Å²) in [7, 11) is 6.22. The summed E-state index contributed by atoms with van der Waals surface area (Å²) in [6, 6.07) is 9.18. The first kappa shape index (κ1) is 20.7. The van der Waals surface area contributed by atoms with Crippen LogP contribution in [0.1, 0.15) is 22.6 Å². The number of halogens is 1. The maximum atomic E-state index is 12.9. The van der Waals surface area contributed by atoms with Crippen LogP contribution in [0.5, 0.6) is 23.0 Å². The molecule has 1 atom stereocenters. The fourth-order valence-electron chi connectivity index (χ4n) is 3.28. The highest BCUT2D eigenvalue weighted by Gasteiger charge is 2.34. The number of fused-ring (bicyclic) bond motifs is 1. The van der Waals surface area contributed by atoms with Gasteiger partial charge in [0.1, 0.15) is 5.75 Å². The molecule has 146 valence electrons. The molecule has 0 aromatic heterocycles. The predicted octanol–water partition coefficient (Wildman–Crippen LogP) is 2.49. The van der Waals surface area contributed by atoms with Crippen LogP contribution in [-0.4, -0.2) is 39.4 Å². The van der Waals surface area contributed by atoms with Gasteiger partial charge in [0.25, 0.3) is 0 Å². The number of methoxy groups -OCH3 is 4. The van der Waals surface area contributed by atoms with E-state index in [1.807, 2.05) is 18.2 Å². The lowest BCUT2D eigenvalue weighted by molar-refractivity contribution is -0.133. The molecule has 27 heavy (non-hydrogen) atoms. The first-order valence-corrected chi connectivity index (χ1v) is 8.06. The maximum absolute atomic E-state index is 12.9. The largest absolute Gasteiger partial charge is 0.497 e. The van der Waals surface area contributed by atoms with Crippen molar-refractivity contribution in [3.8, 4) is 23.0 Å². The molecular weight excluding hydrogens is 372 g/mol. The zero-order chi connectivity index (χ0) is 18.8. The lowest BCUT2D eigenvalue weighted by Crippen LogP contribution is -2.44. The number of hydrogen-bond acceptors (Lipinski definition) is 6. The molecule has 2 N–H and O–H groups in total. The van der Waals surface area contributed by atoms with Crippen molar-refractivity contribution < 1.29 is 23.7 Å². The number of amides is 1. The van der Waals surface area contributed by atoms with Crippen LogP contribution < -0.4 is 24.8 Å². The summed E-state index contributed by atoms with van der Waals surface area (Å²) >= 11 is 0. The summed E-state index contributed by atoms with van der Waals surface area (Å²) in [5.74, 6) is 7.36. The third-order valence-electron chi connectivity index (χ3n) is 4.55. The van der Waals surface area contributed by atoms with Crippen molar-refractivity contribution >= 4 is 18.3 Å². The maximum Gasteiger partial charge on any atom is 0.248 e. The van der Waals surface area contributed by atoms with Gasteiger partial charge in [-0.25, -0.2) is 5.84 Å². The number of ether oxygens (including phenoxy) is 4. The molecule has 0 saturated heterocycles. The quantitative estimate of drug-likeness (QED) is 0.619. The summed E-state index contributed by atoms with van der Waals surface area (Å²) in [4.78, 5) is 12.9. The van der Waals surface area contributed by atoms with Crippen LogP contribution in [0.2, 0.25) is 0 Å². The zero-order valence-electron chi connectivity index (χ0n) is 15.6. The van der Waals surface area contributed by atoms with Crippen LogP contribution in [0.4, 0.5) is 0 Å². The highest BCUT2D eigenvalue weighted by Crippen LogP contribution is 2.43. The second-order valence-electron chi connectivity index (χ2n) is 5.92. The molecule has 1 aliphatic heterocycles. The average molecular weight is 395 g/mol. The Labute approximate surface area is 164 Å². The Morgan fingerprint density at radius 3 is 2.11 bits per heavy atom. The van der Waals surface area contributed by atoms with Gasteiger partial charge in [-0.3, -0.25) is 9.80 Å². The molecule has 2 aromatic rings. The third kappa shape index (κ3) is 3.61. The third-order valence-corrected chi connectivity index (χ3v) is 4.55. The van der Waals surface area contributed by atoms with E-state index in [0.29, 0.717) is 29.4 Å². The van der Waals surface area contributed by atoms with Gasteiger partial charge in [0.05, 0.1) is 40.9 Å². The Balaban J connectivity index is 0.00000261. The number of nitrogens with two attached hydrogens (primary N) is 1. The van der Waals surface area contributed by atoms with Gasteiger partial charge in [-0.1, -0.05) is 6.07 Å². The van der Waals surface area contributed by atoms with Crippen molar-refractivity contribution in [3.05, 3.63) is 47.0 Å². The van der Waals surface area contributed by atoms with E-state index in [1.54, 1.807) is 19.2 Å². The number of benzene rings is 2. The van der Waals surface area contributed by atoms with E-state index in [2.05, 4.69) is 0 Å². The highest BCUT2D eigenvalue weighted by molar-refractivity contribution is 5.89. The number of nitrogens with zero attached hydrogens (tertiary/aromatic N) is 1. The molecule has 0 spiro atoms. The van der Waals surface area contributed by atoms with Crippen LogP contribution in [-0.2, 0) is 11.3 Å². The fourth-order valence-corrected chi connectivity index (χ4v) is 3.28. The van der Waals surface area contributed by atoms with E-state index in [4.69, 9.17) is 24.8 Å². The molecule has 0 bridgehead atoms. The molecule has 2 aromatic carbocycles. The Morgan fingerprint density at radius 1 is 0.963 bits per heavy atom. The normalized spacial score (nSPS) is 15.5. The lowest BCUT2D eigenvalue weighted by atomic mass is 9.84. The number of carbonyl (C=O) groups is 1. The molecule has 0 radical (unpaired) electrons. The number of rotatable bonds is 5. The van der Waals surface area contributed by atoms with Crippen molar-refractivity contribution in [2.75, 3.05) is 28.4 Å². The molecule has 0 aliphatic carbocycles. The van der Waals surface area contributed by atoms with E-state index in [9.17, 15) is 4.79 Å². The second kappa shape index (κ2) is 8.37. The monoisotopic (exact) mass is 394 g/mol. The SMILES string of the molecule is COc1ccc2c(c1)CN(N)C(=O)C2c1cc(OC)c(OC)c(OC)c1.Cl. The van der Waals surface area contributed by atoms with E-state index in [1.165, 1.54) is 26.3 Å². The molecule has 7 nitrogen and oxygen atoms in total. The molecule has 8 heteroatoms. The van der Waals surface area contributed by atoms with Crippen LogP contribution in [0.3, 0.4) is 0 Å². The van der Waals surface area contributed by atoms with Crippen molar-refractivity contribution in [3.63, 3.8) is 0 Å². The minimum atomic E-state index is -0.566. The minimum absolute atomic E-state index is 0. The fraction of sp³-hybridized carbons (Fsp3) is 0.316. The van der Waals surface area contributed by atoms with E-state index >= 15 is 0 Å². The lowest BCUT2D eigenvalue weighted by Gasteiger charge is -2.32. The summed E-state index contributed by atoms with van der Waals surface area (Å²) in [6.45, 7) is 0.326. The molecule has 0 fully saturated rings. The van der Waals surface area contributed by atoms with Gasteiger partial charge in [0, 0.05) is 0 Å². The van der Waals surface area contributed by atoms with Gasteiger partial charge in [-0.2, -0.15) is 0 Å². The Bertz CT molecular complexity index is 818. The Hall–Kier alpha value is -2.64. The van der Waals surface area contributed by atoms with Gasteiger partial charge >= 0.3 is 0 Å². The molecule has 1 heterocycles. The Morgan fingerprint density at radius 2 is 1.59 bits per heavy atom. The van der Waals surface area contributed by atoms with Crippen LogP contribution in [0.25, 0.3) is 0 Å². The van der Waals surface area contributed by atoms with Gasteiger partial charge < -0.3 is 18.9 Å². The first-order valence-electron chi connectivity index (χ1n) is 8.06. The summed E-state index contributed by atoms with van der Waals surface area (Å²) in [6.07, 6.45) is 0. The Kier molecular flexibility index (Phi) is 6.41. The van der Waals surface area contributed by atoms with Crippen molar-refractivity contribution in [1.29, 1.82) is 0 Å². The highest BCUT2D eigenvalue weighted by atomic mass is 35.5. The van der Waals surface area contributed by atoms with E-state index < -0.39 is 5.92 Å². The number of hydrazine groups is 1. The standard InChI is InChI=1S/C19H22N2O5.ClH/c1-23-13-5-6-14-12(7-13)10-21(20)19(22)17(14)11-8-15(24-2)18(26-4)16(9-11)25-3;/h5-9,17H,10,20H2,1-4H3;1H. The first-order chi connectivity index (χ1) is 12.5. The molecule has 1 unspecified atom stereocenters. The average Bonchev–Trinajstić information content (AvgIpc) is 2.67. The molecule has 1 amide bonds. The van der Waals surface area contributed by atoms with Crippen molar-refractivity contribution in [2.24, 2.45) is 5.84 Å². The van der Waals surface area contributed by atoms with E-state index in [-0.39, 0.29) is 18.3 Å². The van der Waals surface area contributed by atoms with Crippen LogP contribution in [0, 0.1) is 0 Å². The second-order valence-corrected chi connectivity index (χ2v) is 5.92. The van der Waals surface area contributed by atoms with Gasteiger partial charge in [0.2, 0.25) is 11.7 Å². The molecule has 3 rings (SSSR count).